The van der Waals surface area contributed by atoms with Crippen molar-refractivity contribution in [1.29, 1.82) is 0 Å². The molecule has 168 valence electrons. The molecule has 2 saturated heterocycles. The van der Waals surface area contributed by atoms with E-state index < -0.39 is 0 Å². The molecule has 3 aliphatic rings. The fourth-order valence-electron chi connectivity index (χ4n) is 5.58. The minimum atomic E-state index is 0.319. The van der Waals surface area contributed by atoms with Crippen LogP contribution in [0.4, 0.5) is 5.95 Å². The van der Waals surface area contributed by atoms with Crippen LogP contribution < -0.4 is 4.90 Å². The summed E-state index contributed by atoms with van der Waals surface area (Å²) >= 11 is 0. The van der Waals surface area contributed by atoms with E-state index in [-0.39, 0.29) is 0 Å². The van der Waals surface area contributed by atoms with Gasteiger partial charge in [-0.3, -0.25) is 9.69 Å². The largest absolute Gasteiger partial charge is 0.332 e. The minimum absolute atomic E-state index is 0.319. The second-order valence-corrected chi connectivity index (χ2v) is 9.47. The SMILES string of the molecule is CC.CCC(=O)C1CCC(Cc2cnc(N3C4CCC3CN(C(C)C)C4)nc2)CC1. The molecule has 1 aliphatic carbocycles. The molecule has 2 unspecified atom stereocenters. The highest BCUT2D eigenvalue weighted by molar-refractivity contribution is 5.80. The summed E-state index contributed by atoms with van der Waals surface area (Å²) in [5, 5.41) is 0. The van der Waals surface area contributed by atoms with E-state index in [0.29, 0.717) is 42.2 Å². The fourth-order valence-corrected chi connectivity index (χ4v) is 5.58. The third-order valence-corrected chi connectivity index (χ3v) is 7.34. The van der Waals surface area contributed by atoms with Gasteiger partial charge >= 0.3 is 0 Å². The number of hydrogen-bond acceptors (Lipinski definition) is 5. The van der Waals surface area contributed by atoms with E-state index in [0.717, 1.165) is 38.3 Å². The molecule has 3 fully saturated rings. The normalized spacial score (nSPS) is 28.9. The molecule has 1 aromatic heterocycles. The van der Waals surface area contributed by atoms with Gasteiger partial charge in [0.1, 0.15) is 5.78 Å². The smallest absolute Gasteiger partial charge is 0.225 e. The zero-order chi connectivity index (χ0) is 21.7. The molecule has 2 atom stereocenters. The Hall–Kier alpha value is -1.49. The Bertz CT molecular complexity index is 652. The van der Waals surface area contributed by atoms with Gasteiger partial charge in [-0.2, -0.15) is 0 Å². The summed E-state index contributed by atoms with van der Waals surface area (Å²) in [6, 6.07) is 1.76. The number of aromatic nitrogens is 2. The number of carbonyl (C=O) groups is 1. The molecule has 3 heterocycles. The molecule has 5 heteroatoms. The van der Waals surface area contributed by atoms with Crippen LogP contribution in [-0.4, -0.2) is 51.9 Å². The summed E-state index contributed by atoms with van der Waals surface area (Å²) in [4.78, 5) is 26.6. The van der Waals surface area contributed by atoms with Crippen molar-refractivity contribution in [2.24, 2.45) is 11.8 Å². The Morgan fingerprint density at radius 1 is 1.00 bits per heavy atom. The first kappa shape index (κ1) is 23.2. The first-order chi connectivity index (χ1) is 14.5. The zero-order valence-corrected chi connectivity index (χ0v) is 19.8. The average Bonchev–Trinajstić information content (AvgIpc) is 3.04. The van der Waals surface area contributed by atoms with Crippen LogP contribution in [0.2, 0.25) is 0 Å². The van der Waals surface area contributed by atoms with Crippen molar-refractivity contribution in [2.75, 3.05) is 18.0 Å². The maximum Gasteiger partial charge on any atom is 0.225 e. The Balaban J connectivity index is 0.00000124. The molecule has 30 heavy (non-hydrogen) atoms. The lowest BCUT2D eigenvalue weighted by molar-refractivity contribution is -0.123. The van der Waals surface area contributed by atoms with Crippen LogP contribution in [0.15, 0.2) is 12.4 Å². The first-order valence-electron chi connectivity index (χ1n) is 12.4. The Morgan fingerprint density at radius 3 is 2.07 bits per heavy atom. The van der Waals surface area contributed by atoms with Crippen LogP contribution in [0.1, 0.15) is 85.1 Å². The van der Waals surface area contributed by atoms with Gasteiger partial charge in [-0.15, -0.1) is 0 Å². The van der Waals surface area contributed by atoms with Gasteiger partial charge in [0, 0.05) is 55.9 Å². The highest BCUT2D eigenvalue weighted by atomic mass is 16.1. The predicted octanol–water partition coefficient (Wildman–Crippen LogP) is 4.89. The van der Waals surface area contributed by atoms with Gasteiger partial charge < -0.3 is 4.90 Å². The van der Waals surface area contributed by atoms with Gasteiger partial charge in [0.05, 0.1) is 0 Å². The van der Waals surface area contributed by atoms with Gasteiger partial charge in [0.2, 0.25) is 5.95 Å². The molecule has 1 aromatic rings. The van der Waals surface area contributed by atoms with Crippen molar-refractivity contribution in [1.82, 2.24) is 14.9 Å². The highest BCUT2D eigenvalue weighted by Crippen LogP contribution is 2.34. The number of piperazine rings is 1. The molecule has 0 radical (unpaired) electrons. The summed E-state index contributed by atoms with van der Waals surface area (Å²) < 4.78 is 0. The topological polar surface area (TPSA) is 49.3 Å². The Kier molecular flexibility index (Phi) is 8.27. The number of hydrogen-bond donors (Lipinski definition) is 0. The minimum Gasteiger partial charge on any atom is -0.332 e. The summed E-state index contributed by atoms with van der Waals surface area (Å²) in [5.74, 6) is 2.39. The average molecular weight is 415 g/mol. The highest BCUT2D eigenvalue weighted by Gasteiger charge is 2.41. The molecule has 2 bridgehead atoms. The first-order valence-corrected chi connectivity index (χ1v) is 12.4. The van der Waals surface area contributed by atoms with Gasteiger partial charge in [-0.05, 0) is 70.3 Å². The van der Waals surface area contributed by atoms with Gasteiger partial charge in [0.25, 0.3) is 0 Å². The third-order valence-electron chi connectivity index (χ3n) is 7.34. The Labute approximate surface area is 183 Å². The summed E-state index contributed by atoms with van der Waals surface area (Å²) in [5.41, 5.74) is 1.25. The molecule has 0 aromatic carbocycles. The van der Waals surface area contributed by atoms with Crippen LogP contribution in [-0.2, 0) is 11.2 Å². The number of nitrogens with zero attached hydrogens (tertiary/aromatic N) is 4. The maximum atomic E-state index is 11.9. The van der Waals surface area contributed by atoms with Crippen molar-refractivity contribution >= 4 is 11.7 Å². The quantitative estimate of drug-likeness (QED) is 0.663. The number of carbonyl (C=O) groups excluding carboxylic acids is 1. The molecule has 5 nitrogen and oxygen atoms in total. The number of anilines is 1. The van der Waals surface area contributed by atoms with Crippen molar-refractivity contribution < 1.29 is 4.79 Å². The van der Waals surface area contributed by atoms with Gasteiger partial charge in [-0.1, -0.05) is 20.8 Å². The number of likely N-dealkylation sites (tertiary alicyclic amines) is 1. The monoisotopic (exact) mass is 414 g/mol. The second-order valence-electron chi connectivity index (χ2n) is 9.47. The third kappa shape index (κ3) is 5.22. The van der Waals surface area contributed by atoms with E-state index >= 15 is 0 Å². The number of rotatable bonds is 6. The predicted molar refractivity (Wildman–Crippen MR) is 124 cm³/mol. The molecule has 2 aliphatic heterocycles. The van der Waals surface area contributed by atoms with Crippen molar-refractivity contribution in [3.05, 3.63) is 18.0 Å². The van der Waals surface area contributed by atoms with E-state index in [2.05, 4.69) is 36.0 Å². The molecule has 1 saturated carbocycles. The molecule has 4 rings (SSSR count). The standard InChI is InChI=1S/C23H36N4O.C2H6/c1-4-22(28)19-7-5-17(6-8-19)11-18-12-24-23(25-13-18)27-20-9-10-21(27)15-26(14-20)16(2)3;1-2/h12-13,16-17,19-21H,4-11,14-15H2,1-3H3;1-2H3. The molecule has 0 N–H and O–H groups in total. The van der Waals surface area contributed by atoms with E-state index in [1.165, 1.54) is 31.2 Å². The zero-order valence-electron chi connectivity index (χ0n) is 19.8. The lowest BCUT2D eigenvalue weighted by atomic mass is 9.77. The number of ketones is 1. The van der Waals surface area contributed by atoms with Crippen LogP contribution in [0.25, 0.3) is 0 Å². The van der Waals surface area contributed by atoms with Crippen molar-refractivity contribution in [2.45, 2.75) is 104 Å². The number of fused-ring (bicyclic) bond motifs is 2. The summed E-state index contributed by atoms with van der Waals surface area (Å²) in [7, 11) is 0. The lowest BCUT2D eigenvalue weighted by Gasteiger charge is -2.42. The van der Waals surface area contributed by atoms with Gasteiger partial charge in [-0.25, -0.2) is 9.97 Å². The van der Waals surface area contributed by atoms with Crippen molar-refractivity contribution in [3.63, 3.8) is 0 Å². The van der Waals surface area contributed by atoms with E-state index in [1.54, 1.807) is 0 Å². The molecular formula is C25H42N4O. The molecular weight excluding hydrogens is 372 g/mol. The summed E-state index contributed by atoms with van der Waals surface area (Å²) in [6.07, 6.45) is 12.9. The summed E-state index contributed by atoms with van der Waals surface area (Å²) in [6.45, 7) is 12.9. The van der Waals surface area contributed by atoms with Crippen LogP contribution >= 0.6 is 0 Å². The lowest BCUT2D eigenvalue weighted by Crippen LogP contribution is -2.56. The van der Waals surface area contributed by atoms with E-state index in [4.69, 9.17) is 9.97 Å². The maximum absolute atomic E-state index is 11.9. The van der Waals surface area contributed by atoms with Crippen LogP contribution in [0.3, 0.4) is 0 Å². The van der Waals surface area contributed by atoms with Gasteiger partial charge in [0.15, 0.2) is 0 Å². The second kappa shape index (κ2) is 10.7. The van der Waals surface area contributed by atoms with Crippen molar-refractivity contribution in [3.8, 4) is 0 Å². The van der Waals surface area contributed by atoms with Crippen LogP contribution in [0, 0.1) is 11.8 Å². The van der Waals surface area contributed by atoms with E-state index in [1.807, 2.05) is 20.8 Å². The Morgan fingerprint density at radius 2 is 1.57 bits per heavy atom. The van der Waals surface area contributed by atoms with E-state index in [9.17, 15) is 4.79 Å². The number of Topliss-reactive ketones (excluding diaryl/α,β-unsaturated/α-hetero) is 1. The van der Waals surface area contributed by atoms with Crippen LogP contribution in [0.5, 0.6) is 0 Å². The molecule has 0 spiro atoms. The molecule has 0 amide bonds. The fraction of sp³-hybridized carbons (Fsp3) is 0.800.